The van der Waals surface area contributed by atoms with E-state index in [1.807, 2.05) is 0 Å². The first-order valence-corrected chi connectivity index (χ1v) is 18.2. The predicted octanol–water partition coefficient (Wildman–Crippen LogP) is 10.8. The van der Waals surface area contributed by atoms with Crippen molar-refractivity contribution in [1.29, 1.82) is 0 Å². The Morgan fingerprint density at radius 3 is 1.71 bits per heavy atom. The largest absolute Gasteiger partial charge is 0.456 e. The lowest BCUT2D eigenvalue weighted by molar-refractivity contribution is 0.596. The summed E-state index contributed by atoms with van der Waals surface area (Å²) >= 11 is 0. The van der Waals surface area contributed by atoms with Crippen molar-refractivity contribution in [2.45, 2.75) is 12.8 Å². The Kier molecular flexibility index (Phi) is 6.47. The number of para-hydroxylation sites is 5. The van der Waals surface area contributed by atoms with Crippen molar-refractivity contribution >= 4 is 74.3 Å². The Morgan fingerprint density at radius 1 is 0.500 bits per heavy atom. The lowest BCUT2D eigenvalue weighted by Crippen LogP contribution is -2.61. The maximum Gasteiger partial charge on any atom is 0.252 e. The summed E-state index contributed by atoms with van der Waals surface area (Å²) in [5.74, 6) is 1.00. The molecule has 0 atom stereocenters. The number of rotatable bonds is 4. The van der Waals surface area contributed by atoms with Crippen LogP contribution in [-0.4, -0.2) is 6.71 Å². The van der Waals surface area contributed by atoms with E-state index in [0.717, 1.165) is 46.7 Å². The van der Waals surface area contributed by atoms with Gasteiger partial charge in [0.15, 0.2) is 0 Å². The molecular formula is C48H33BN2O. The molecule has 0 radical (unpaired) electrons. The molecule has 3 heterocycles. The van der Waals surface area contributed by atoms with Gasteiger partial charge in [-0.3, -0.25) is 0 Å². The molecule has 3 aliphatic rings. The minimum absolute atomic E-state index is 0.100. The second kappa shape index (κ2) is 11.5. The van der Waals surface area contributed by atoms with E-state index in [2.05, 4.69) is 186 Å². The van der Waals surface area contributed by atoms with Crippen LogP contribution >= 0.6 is 0 Å². The van der Waals surface area contributed by atoms with E-state index in [1.165, 1.54) is 61.2 Å². The number of hydrogen-bond acceptors (Lipinski definition) is 3. The van der Waals surface area contributed by atoms with Gasteiger partial charge in [0.1, 0.15) is 11.3 Å². The molecule has 0 saturated heterocycles. The van der Waals surface area contributed by atoms with Crippen LogP contribution in [0.4, 0.5) is 34.1 Å². The van der Waals surface area contributed by atoms with E-state index < -0.39 is 0 Å². The van der Waals surface area contributed by atoms with Gasteiger partial charge in [0.05, 0.1) is 0 Å². The number of hydrogen-bond donors (Lipinski definition) is 0. The zero-order valence-corrected chi connectivity index (χ0v) is 28.5. The van der Waals surface area contributed by atoms with Gasteiger partial charge in [-0.2, -0.15) is 0 Å². The van der Waals surface area contributed by atoms with Gasteiger partial charge < -0.3 is 14.2 Å². The molecule has 0 bridgehead atoms. The Bertz CT molecular complexity index is 2580. The van der Waals surface area contributed by atoms with Crippen LogP contribution in [0.15, 0.2) is 174 Å². The molecule has 0 unspecified atom stereocenters. The molecule has 4 heteroatoms. The second-order valence-corrected chi connectivity index (χ2v) is 14.0. The predicted molar refractivity (Wildman–Crippen MR) is 218 cm³/mol. The maximum absolute atomic E-state index is 6.47. The first kappa shape index (κ1) is 29.2. The van der Waals surface area contributed by atoms with Crippen LogP contribution < -0.4 is 26.2 Å². The van der Waals surface area contributed by atoms with Crippen LogP contribution in [0.1, 0.15) is 17.7 Å². The van der Waals surface area contributed by atoms with Gasteiger partial charge in [0.2, 0.25) is 0 Å². The topological polar surface area (TPSA) is 19.6 Å². The zero-order valence-electron chi connectivity index (χ0n) is 28.5. The molecule has 0 saturated carbocycles. The first-order valence-electron chi connectivity index (χ1n) is 18.2. The van der Waals surface area contributed by atoms with Gasteiger partial charge in [-0.15, -0.1) is 0 Å². The highest BCUT2D eigenvalue weighted by molar-refractivity contribution is 7.00. The average Bonchev–Trinajstić information content (AvgIpc) is 3.60. The van der Waals surface area contributed by atoms with Crippen LogP contribution in [-0.2, 0) is 6.42 Å². The van der Waals surface area contributed by atoms with Crippen molar-refractivity contribution in [3.8, 4) is 22.3 Å². The molecule has 0 spiro atoms. The minimum Gasteiger partial charge on any atom is -0.456 e. The summed E-state index contributed by atoms with van der Waals surface area (Å²) in [4.78, 5) is 4.93. The lowest BCUT2D eigenvalue weighted by Gasteiger charge is -2.44. The number of fused-ring (bicyclic) bond motifs is 7. The number of benzene rings is 7. The standard InChI is InChI=1S/C48H33BN2O/c1-3-14-35(15-4-1)50-42-23-10-8-21-40(42)49-41-22-9-11-24-43(41)51(36-16-5-2-6-17-36)45-31-34(30-44(50)47(45)49)32-26-28-33(29-27-32)37-19-13-20-39-38-18-7-12-25-46(38)52-48(37)39/h1-6,8-17,19-31H,7,18H2. The quantitative estimate of drug-likeness (QED) is 0.175. The zero-order chi connectivity index (χ0) is 34.2. The Labute approximate surface area is 303 Å². The monoisotopic (exact) mass is 664 g/mol. The molecule has 7 aromatic carbocycles. The number of furan rings is 1. The van der Waals surface area contributed by atoms with E-state index in [9.17, 15) is 0 Å². The Balaban J connectivity index is 1.14. The molecule has 8 aromatic rings. The summed E-state index contributed by atoms with van der Waals surface area (Å²) in [5.41, 5.74) is 18.1. The highest BCUT2D eigenvalue weighted by Gasteiger charge is 2.43. The molecule has 52 heavy (non-hydrogen) atoms. The van der Waals surface area contributed by atoms with Gasteiger partial charge >= 0.3 is 0 Å². The first-order chi connectivity index (χ1) is 25.8. The molecule has 244 valence electrons. The van der Waals surface area contributed by atoms with Crippen LogP contribution in [0.5, 0.6) is 0 Å². The van der Waals surface area contributed by atoms with Crippen molar-refractivity contribution in [2.75, 3.05) is 9.80 Å². The maximum atomic E-state index is 6.47. The van der Waals surface area contributed by atoms with E-state index >= 15 is 0 Å². The highest BCUT2D eigenvalue weighted by Crippen LogP contribution is 2.46. The second-order valence-electron chi connectivity index (χ2n) is 14.0. The summed E-state index contributed by atoms with van der Waals surface area (Å²) in [5, 5.41) is 1.23. The van der Waals surface area contributed by atoms with Gasteiger partial charge in [-0.1, -0.05) is 121 Å². The normalized spacial score (nSPS) is 13.8. The van der Waals surface area contributed by atoms with Gasteiger partial charge in [0, 0.05) is 50.6 Å². The number of nitrogens with zero attached hydrogens (tertiary/aromatic N) is 2. The third kappa shape index (κ3) is 4.34. The molecule has 3 nitrogen and oxygen atoms in total. The summed E-state index contributed by atoms with van der Waals surface area (Å²) in [6.45, 7) is 0.100. The Hall–Kier alpha value is -6.52. The van der Waals surface area contributed by atoms with Gasteiger partial charge in [-0.25, -0.2) is 0 Å². The van der Waals surface area contributed by atoms with Crippen LogP contribution in [0.3, 0.4) is 0 Å². The van der Waals surface area contributed by atoms with Crippen molar-refractivity contribution in [1.82, 2.24) is 0 Å². The fourth-order valence-electron chi connectivity index (χ4n) is 8.84. The molecule has 0 N–H and O–H groups in total. The fraction of sp³-hybridized carbons (Fsp3) is 0.0417. The van der Waals surface area contributed by atoms with Crippen molar-refractivity contribution < 1.29 is 4.42 Å². The van der Waals surface area contributed by atoms with E-state index in [0.29, 0.717) is 0 Å². The molecular weight excluding hydrogens is 631 g/mol. The summed E-state index contributed by atoms with van der Waals surface area (Å²) in [7, 11) is 0. The van der Waals surface area contributed by atoms with Crippen molar-refractivity contribution in [3.05, 3.63) is 181 Å². The molecule has 1 aromatic heterocycles. The molecule has 11 rings (SSSR count). The van der Waals surface area contributed by atoms with Crippen molar-refractivity contribution in [3.63, 3.8) is 0 Å². The number of allylic oxidation sites excluding steroid dienone is 1. The third-order valence-corrected chi connectivity index (χ3v) is 11.1. The summed E-state index contributed by atoms with van der Waals surface area (Å²) in [6, 6.07) is 59.9. The van der Waals surface area contributed by atoms with E-state index in [4.69, 9.17) is 4.42 Å². The molecule has 2 aliphatic heterocycles. The number of anilines is 6. The van der Waals surface area contributed by atoms with Gasteiger partial charge in [0.25, 0.3) is 6.71 Å². The SMILES string of the molecule is C1=Cc2oc3c(-c4ccc(-c5cc6c7c(c5)N(c5ccccc5)c5ccccc5B7c5ccccc5N6c5ccccc5)cc4)cccc3c2CC1. The fourth-order valence-corrected chi connectivity index (χ4v) is 8.84. The van der Waals surface area contributed by atoms with Crippen LogP contribution in [0, 0.1) is 0 Å². The van der Waals surface area contributed by atoms with Crippen molar-refractivity contribution in [2.24, 2.45) is 0 Å². The summed E-state index contributed by atoms with van der Waals surface area (Å²) in [6.07, 6.45) is 6.43. The van der Waals surface area contributed by atoms with Gasteiger partial charge in [-0.05, 0) is 101 Å². The smallest absolute Gasteiger partial charge is 0.252 e. The van der Waals surface area contributed by atoms with Crippen LogP contribution in [0.25, 0.3) is 39.3 Å². The average molecular weight is 665 g/mol. The van der Waals surface area contributed by atoms with Crippen LogP contribution in [0.2, 0.25) is 0 Å². The Morgan fingerprint density at radius 2 is 1.08 bits per heavy atom. The number of aryl methyl sites for hydroxylation is 1. The van der Waals surface area contributed by atoms with E-state index in [-0.39, 0.29) is 6.71 Å². The summed E-state index contributed by atoms with van der Waals surface area (Å²) < 4.78 is 6.47. The molecule has 0 fully saturated rings. The lowest BCUT2D eigenvalue weighted by atomic mass is 9.33. The molecule has 1 aliphatic carbocycles. The third-order valence-electron chi connectivity index (χ3n) is 11.1. The minimum atomic E-state index is 0.100. The highest BCUT2D eigenvalue weighted by atomic mass is 16.3. The molecule has 0 amide bonds. The van der Waals surface area contributed by atoms with E-state index in [1.54, 1.807) is 0 Å².